The number of hydrogen-bond donors (Lipinski definition) is 2. The van der Waals surface area contributed by atoms with Gasteiger partial charge in [-0.25, -0.2) is 4.79 Å². The molecule has 0 radical (unpaired) electrons. The Morgan fingerprint density at radius 3 is 2.40 bits per heavy atom. The molecule has 0 saturated carbocycles. The molecule has 0 bridgehead atoms. The first-order valence-electron chi connectivity index (χ1n) is 9.50. The van der Waals surface area contributed by atoms with Crippen LogP contribution in [0.1, 0.15) is 32.6 Å². The van der Waals surface area contributed by atoms with Crippen molar-refractivity contribution in [1.82, 2.24) is 0 Å². The summed E-state index contributed by atoms with van der Waals surface area (Å²) in [6.45, 7) is 4.94. The molecular formula is C24H24BrNO4. The van der Waals surface area contributed by atoms with E-state index in [-0.39, 0.29) is 5.56 Å². The Morgan fingerprint density at radius 2 is 1.77 bits per heavy atom. The SMILES string of the molecule is COc1cc(CNc2ccc(C(=O)O)cc2C)cc(Br)c1OCc1ccc(C)cc1. The van der Waals surface area contributed by atoms with E-state index >= 15 is 0 Å². The van der Waals surface area contributed by atoms with Crippen LogP contribution in [0.4, 0.5) is 5.69 Å². The highest BCUT2D eigenvalue weighted by Crippen LogP contribution is 2.37. The predicted molar refractivity (Wildman–Crippen MR) is 122 cm³/mol. The lowest BCUT2D eigenvalue weighted by Crippen LogP contribution is -2.04. The van der Waals surface area contributed by atoms with E-state index in [1.807, 2.05) is 31.2 Å². The molecule has 0 aliphatic carbocycles. The van der Waals surface area contributed by atoms with Gasteiger partial charge in [0.2, 0.25) is 0 Å². The molecule has 156 valence electrons. The molecule has 0 aliphatic heterocycles. The molecule has 0 aliphatic rings. The summed E-state index contributed by atoms with van der Waals surface area (Å²) in [5, 5.41) is 12.4. The number of rotatable bonds is 8. The second kappa shape index (κ2) is 9.67. The summed E-state index contributed by atoms with van der Waals surface area (Å²) in [6.07, 6.45) is 0. The molecule has 0 amide bonds. The number of benzene rings is 3. The normalized spacial score (nSPS) is 10.5. The van der Waals surface area contributed by atoms with E-state index in [1.54, 1.807) is 25.3 Å². The number of nitrogens with one attached hydrogen (secondary N) is 1. The van der Waals surface area contributed by atoms with E-state index in [0.29, 0.717) is 24.7 Å². The Balaban J connectivity index is 1.71. The molecule has 0 heterocycles. The Morgan fingerprint density at radius 1 is 1.03 bits per heavy atom. The van der Waals surface area contributed by atoms with Crippen LogP contribution in [0.5, 0.6) is 11.5 Å². The molecule has 0 saturated heterocycles. The first-order chi connectivity index (χ1) is 14.4. The number of halogens is 1. The largest absolute Gasteiger partial charge is 0.493 e. The number of aryl methyl sites for hydroxylation is 2. The molecule has 0 atom stereocenters. The van der Waals surface area contributed by atoms with Gasteiger partial charge in [-0.1, -0.05) is 29.8 Å². The number of hydrogen-bond acceptors (Lipinski definition) is 4. The van der Waals surface area contributed by atoms with Crippen LogP contribution in [0.25, 0.3) is 0 Å². The zero-order chi connectivity index (χ0) is 21.7. The van der Waals surface area contributed by atoms with E-state index in [2.05, 4.69) is 40.3 Å². The summed E-state index contributed by atoms with van der Waals surface area (Å²) in [5.41, 5.74) is 5.33. The highest BCUT2D eigenvalue weighted by atomic mass is 79.9. The van der Waals surface area contributed by atoms with E-state index in [0.717, 1.165) is 26.9 Å². The van der Waals surface area contributed by atoms with Crippen molar-refractivity contribution in [2.75, 3.05) is 12.4 Å². The zero-order valence-electron chi connectivity index (χ0n) is 17.2. The first kappa shape index (κ1) is 21.7. The Kier molecular flexibility index (Phi) is 7.00. The Hall–Kier alpha value is -2.99. The quantitative estimate of drug-likeness (QED) is 0.425. The van der Waals surface area contributed by atoms with Gasteiger partial charge in [-0.05, 0) is 76.8 Å². The van der Waals surface area contributed by atoms with Crippen LogP contribution in [0, 0.1) is 13.8 Å². The molecule has 30 heavy (non-hydrogen) atoms. The number of ether oxygens (including phenoxy) is 2. The topological polar surface area (TPSA) is 67.8 Å². The number of carbonyl (C=O) groups is 1. The van der Waals surface area contributed by atoms with E-state index in [4.69, 9.17) is 14.6 Å². The number of aromatic carboxylic acids is 1. The maximum absolute atomic E-state index is 11.1. The second-order valence-electron chi connectivity index (χ2n) is 7.07. The minimum absolute atomic E-state index is 0.276. The van der Waals surface area contributed by atoms with Crippen molar-refractivity contribution in [2.45, 2.75) is 27.0 Å². The lowest BCUT2D eigenvalue weighted by molar-refractivity contribution is 0.0697. The van der Waals surface area contributed by atoms with Gasteiger partial charge in [0, 0.05) is 12.2 Å². The van der Waals surface area contributed by atoms with E-state index in [1.165, 1.54) is 5.56 Å². The van der Waals surface area contributed by atoms with Gasteiger partial charge in [0.1, 0.15) is 6.61 Å². The van der Waals surface area contributed by atoms with Gasteiger partial charge in [-0.2, -0.15) is 0 Å². The van der Waals surface area contributed by atoms with Gasteiger partial charge in [0.25, 0.3) is 0 Å². The number of anilines is 1. The molecule has 3 aromatic carbocycles. The van der Waals surface area contributed by atoms with E-state index < -0.39 is 5.97 Å². The van der Waals surface area contributed by atoms with Crippen LogP contribution in [0.2, 0.25) is 0 Å². The standard InChI is InChI=1S/C24H24BrNO4/c1-15-4-6-17(7-5-15)14-30-23-20(25)11-18(12-22(23)29-3)13-26-21-9-8-19(24(27)28)10-16(21)2/h4-12,26H,13-14H2,1-3H3,(H,27,28). The van der Waals surface area contributed by atoms with Gasteiger partial charge in [-0.15, -0.1) is 0 Å². The molecule has 0 spiro atoms. The molecule has 3 aromatic rings. The number of carboxylic acid groups (broad SMARTS) is 1. The van der Waals surface area contributed by atoms with Gasteiger partial charge >= 0.3 is 5.97 Å². The van der Waals surface area contributed by atoms with Crippen molar-refractivity contribution in [2.24, 2.45) is 0 Å². The first-order valence-corrected chi connectivity index (χ1v) is 10.3. The van der Waals surface area contributed by atoms with Crippen molar-refractivity contribution in [3.8, 4) is 11.5 Å². The summed E-state index contributed by atoms with van der Waals surface area (Å²) in [5.74, 6) is 0.370. The van der Waals surface area contributed by atoms with Crippen molar-refractivity contribution in [3.63, 3.8) is 0 Å². The maximum Gasteiger partial charge on any atom is 0.335 e. The smallest absolute Gasteiger partial charge is 0.335 e. The van der Waals surface area contributed by atoms with Crippen LogP contribution in [-0.2, 0) is 13.2 Å². The van der Waals surface area contributed by atoms with Gasteiger partial charge < -0.3 is 19.9 Å². The molecule has 0 aromatic heterocycles. The van der Waals surface area contributed by atoms with Crippen molar-refractivity contribution < 1.29 is 19.4 Å². The van der Waals surface area contributed by atoms with Crippen LogP contribution < -0.4 is 14.8 Å². The maximum atomic E-state index is 11.1. The molecule has 0 fully saturated rings. The van der Waals surface area contributed by atoms with Crippen LogP contribution in [0.15, 0.2) is 59.1 Å². The molecular weight excluding hydrogens is 446 g/mol. The molecule has 5 nitrogen and oxygen atoms in total. The number of methoxy groups -OCH3 is 1. The zero-order valence-corrected chi connectivity index (χ0v) is 18.7. The van der Waals surface area contributed by atoms with Crippen molar-refractivity contribution >= 4 is 27.6 Å². The number of carboxylic acids is 1. The van der Waals surface area contributed by atoms with Gasteiger partial charge in [0.15, 0.2) is 11.5 Å². The monoisotopic (exact) mass is 469 g/mol. The predicted octanol–water partition coefficient (Wildman–Crippen LogP) is 5.96. The Bertz CT molecular complexity index is 1050. The lowest BCUT2D eigenvalue weighted by atomic mass is 10.1. The van der Waals surface area contributed by atoms with Gasteiger partial charge in [0.05, 0.1) is 17.1 Å². The van der Waals surface area contributed by atoms with E-state index in [9.17, 15) is 4.79 Å². The summed E-state index contributed by atoms with van der Waals surface area (Å²) >= 11 is 3.59. The van der Waals surface area contributed by atoms with Crippen LogP contribution in [-0.4, -0.2) is 18.2 Å². The fourth-order valence-electron chi connectivity index (χ4n) is 3.05. The average molecular weight is 470 g/mol. The third-order valence-electron chi connectivity index (χ3n) is 4.75. The summed E-state index contributed by atoms with van der Waals surface area (Å²) < 4.78 is 12.4. The van der Waals surface area contributed by atoms with Crippen LogP contribution >= 0.6 is 15.9 Å². The molecule has 0 unspecified atom stereocenters. The fraction of sp³-hybridized carbons (Fsp3) is 0.208. The van der Waals surface area contributed by atoms with Crippen LogP contribution in [0.3, 0.4) is 0 Å². The minimum Gasteiger partial charge on any atom is -0.493 e. The lowest BCUT2D eigenvalue weighted by Gasteiger charge is -2.16. The summed E-state index contributed by atoms with van der Waals surface area (Å²) in [7, 11) is 1.62. The van der Waals surface area contributed by atoms with Crippen molar-refractivity contribution in [1.29, 1.82) is 0 Å². The highest BCUT2D eigenvalue weighted by molar-refractivity contribution is 9.10. The Labute approximate surface area is 184 Å². The van der Waals surface area contributed by atoms with Gasteiger partial charge in [-0.3, -0.25) is 0 Å². The molecule has 3 rings (SSSR count). The highest BCUT2D eigenvalue weighted by Gasteiger charge is 2.13. The minimum atomic E-state index is -0.931. The summed E-state index contributed by atoms with van der Waals surface area (Å²) in [6, 6.07) is 17.2. The van der Waals surface area contributed by atoms with Crippen molar-refractivity contribution in [3.05, 3.63) is 86.9 Å². The average Bonchev–Trinajstić information content (AvgIpc) is 2.72. The third kappa shape index (κ3) is 5.33. The molecule has 6 heteroatoms. The summed E-state index contributed by atoms with van der Waals surface area (Å²) in [4.78, 5) is 11.1. The second-order valence-corrected chi connectivity index (χ2v) is 7.93. The third-order valence-corrected chi connectivity index (χ3v) is 5.34. The fourth-order valence-corrected chi connectivity index (χ4v) is 3.65. The molecule has 2 N–H and O–H groups in total.